The number of aromatic nitrogens is 1. The second kappa shape index (κ2) is 9.21. The number of aliphatic imine (C=N–C) groups is 1. The molecule has 0 atom stereocenters. The molecule has 0 spiro atoms. The number of rotatable bonds is 6. The largest absolute Gasteiger partial charge is 0.392 e. The molecule has 1 heterocycles. The second-order valence-electron chi connectivity index (χ2n) is 6.27. The summed E-state index contributed by atoms with van der Waals surface area (Å²) < 4.78 is 40.7. The lowest BCUT2D eigenvalue weighted by atomic mass is 10.0. The van der Waals surface area contributed by atoms with Crippen molar-refractivity contribution in [3.8, 4) is 11.1 Å². The van der Waals surface area contributed by atoms with Crippen LogP contribution in [0.2, 0.25) is 5.15 Å². The second-order valence-corrected chi connectivity index (χ2v) is 8.31. The van der Waals surface area contributed by atoms with E-state index in [1.807, 2.05) is 0 Å². The van der Waals surface area contributed by atoms with Gasteiger partial charge in [0.15, 0.2) is 0 Å². The minimum absolute atomic E-state index is 0.0253. The third-order valence-corrected chi connectivity index (χ3v) is 5.83. The Morgan fingerprint density at radius 2 is 1.93 bits per heavy atom. The molecule has 1 aromatic heterocycles. The molecular formula is C20H18ClFN4O3S. The highest BCUT2D eigenvalue weighted by Crippen LogP contribution is 2.28. The Balaban J connectivity index is 1.79. The van der Waals surface area contributed by atoms with E-state index in [0.29, 0.717) is 16.7 Å². The smallest absolute Gasteiger partial charge is 0.264 e. The quantitative estimate of drug-likeness (QED) is 0.304. The summed E-state index contributed by atoms with van der Waals surface area (Å²) in [5.74, 6) is -0.845. The molecule has 3 rings (SSSR count). The zero-order chi connectivity index (χ0) is 21.7. The Morgan fingerprint density at radius 3 is 2.60 bits per heavy atom. The van der Waals surface area contributed by atoms with Crippen molar-refractivity contribution >= 4 is 27.6 Å². The fraction of sp³-hybridized carbons (Fsp3) is 0.100. The summed E-state index contributed by atoms with van der Waals surface area (Å²) in [6.07, 6.45) is 1.47. The number of guanidine groups is 1. The normalized spacial score (nSPS) is 12.0. The van der Waals surface area contributed by atoms with Gasteiger partial charge in [0.1, 0.15) is 11.0 Å². The van der Waals surface area contributed by atoms with E-state index in [1.165, 1.54) is 30.5 Å². The highest BCUT2D eigenvalue weighted by atomic mass is 35.5. The maximum atomic E-state index is 14.0. The van der Waals surface area contributed by atoms with Gasteiger partial charge in [-0.3, -0.25) is 0 Å². The molecule has 0 unspecified atom stereocenters. The third kappa shape index (κ3) is 5.12. The number of nitrogens with one attached hydrogen (secondary N) is 1. The number of benzene rings is 2. The maximum absolute atomic E-state index is 14.0. The first-order valence-electron chi connectivity index (χ1n) is 8.72. The number of sulfonamides is 1. The maximum Gasteiger partial charge on any atom is 0.264 e. The number of hydrogen-bond donors (Lipinski definition) is 3. The summed E-state index contributed by atoms with van der Waals surface area (Å²) in [5, 5.41) is 9.26. The molecule has 30 heavy (non-hydrogen) atoms. The van der Waals surface area contributed by atoms with Gasteiger partial charge < -0.3 is 10.8 Å². The Bertz CT molecular complexity index is 1190. The molecule has 2 aromatic carbocycles. The molecular weight excluding hydrogens is 431 g/mol. The lowest BCUT2D eigenvalue weighted by Crippen LogP contribution is -2.36. The van der Waals surface area contributed by atoms with E-state index in [-0.39, 0.29) is 28.1 Å². The number of halogens is 2. The van der Waals surface area contributed by atoms with E-state index >= 15 is 0 Å². The summed E-state index contributed by atoms with van der Waals surface area (Å²) in [6, 6.07) is 13.8. The van der Waals surface area contributed by atoms with Crippen LogP contribution in [-0.4, -0.2) is 24.5 Å². The summed E-state index contributed by atoms with van der Waals surface area (Å²) in [6.45, 7) is -0.386. The Labute approximate surface area is 178 Å². The first-order valence-corrected chi connectivity index (χ1v) is 10.6. The lowest BCUT2D eigenvalue weighted by molar-refractivity contribution is 0.276. The molecule has 0 aliphatic heterocycles. The highest BCUT2D eigenvalue weighted by Gasteiger charge is 2.14. The lowest BCUT2D eigenvalue weighted by Gasteiger charge is -2.09. The molecule has 0 saturated heterocycles. The van der Waals surface area contributed by atoms with Crippen LogP contribution in [0.15, 0.2) is 70.7 Å². The van der Waals surface area contributed by atoms with Gasteiger partial charge in [-0.25, -0.2) is 27.5 Å². The van der Waals surface area contributed by atoms with Crippen molar-refractivity contribution in [3.63, 3.8) is 0 Å². The zero-order valence-corrected chi connectivity index (χ0v) is 17.2. The van der Waals surface area contributed by atoms with Crippen LogP contribution in [0.3, 0.4) is 0 Å². The molecule has 3 aromatic rings. The minimum atomic E-state index is -3.84. The van der Waals surface area contributed by atoms with Crippen molar-refractivity contribution in [2.45, 2.75) is 18.0 Å². The first-order chi connectivity index (χ1) is 14.3. The summed E-state index contributed by atoms with van der Waals surface area (Å²) in [7, 11) is -3.84. The number of aliphatic hydroxyl groups excluding tert-OH is 1. The molecule has 0 amide bonds. The van der Waals surface area contributed by atoms with Crippen molar-refractivity contribution in [1.82, 2.24) is 9.71 Å². The molecule has 156 valence electrons. The molecule has 0 bridgehead atoms. The van der Waals surface area contributed by atoms with Crippen LogP contribution >= 0.6 is 11.6 Å². The van der Waals surface area contributed by atoms with Crippen LogP contribution in [0.5, 0.6) is 0 Å². The molecule has 0 aliphatic rings. The van der Waals surface area contributed by atoms with Gasteiger partial charge in [0.2, 0.25) is 5.96 Å². The molecule has 10 heteroatoms. The van der Waals surface area contributed by atoms with Crippen LogP contribution in [-0.2, 0) is 23.2 Å². The van der Waals surface area contributed by atoms with Crippen LogP contribution in [0, 0.1) is 5.82 Å². The van der Waals surface area contributed by atoms with Crippen molar-refractivity contribution in [2.24, 2.45) is 10.7 Å². The van der Waals surface area contributed by atoms with E-state index in [0.717, 1.165) is 0 Å². The van der Waals surface area contributed by atoms with E-state index in [2.05, 4.69) is 14.7 Å². The minimum Gasteiger partial charge on any atom is -0.392 e. The monoisotopic (exact) mass is 448 g/mol. The Morgan fingerprint density at radius 1 is 1.20 bits per heavy atom. The fourth-order valence-electron chi connectivity index (χ4n) is 2.63. The topological polar surface area (TPSA) is 118 Å². The van der Waals surface area contributed by atoms with Gasteiger partial charge in [-0.05, 0) is 35.4 Å². The Hall–Kier alpha value is -3.01. The van der Waals surface area contributed by atoms with Gasteiger partial charge in [-0.1, -0.05) is 41.9 Å². The average Bonchev–Trinajstić information content (AvgIpc) is 2.73. The number of nitrogens with two attached hydrogens (primary N) is 1. The molecule has 0 aliphatic carbocycles. The predicted molar refractivity (Wildman–Crippen MR) is 113 cm³/mol. The summed E-state index contributed by atoms with van der Waals surface area (Å²) >= 11 is 6.14. The van der Waals surface area contributed by atoms with Gasteiger partial charge in [0.25, 0.3) is 10.0 Å². The van der Waals surface area contributed by atoms with Crippen molar-refractivity contribution in [3.05, 3.63) is 82.9 Å². The van der Waals surface area contributed by atoms with Gasteiger partial charge >= 0.3 is 0 Å². The highest BCUT2D eigenvalue weighted by molar-refractivity contribution is 7.90. The van der Waals surface area contributed by atoms with Crippen molar-refractivity contribution in [2.75, 3.05) is 0 Å². The SMILES string of the molecule is NC(=NCc1cnc(Cl)c(-c2ccc(CO)c(F)c2)c1)NS(=O)(=O)c1ccccc1. The number of aliphatic hydroxyl groups is 1. The molecule has 0 fully saturated rings. The first kappa shape index (κ1) is 21.7. The van der Waals surface area contributed by atoms with E-state index in [4.69, 9.17) is 22.4 Å². The van der Waals surface area contributed by atoms with Gasteiger partial charge in [-0.15, -0.1) is 0 Å². The number of pyridine rings is 1. The van der Waals surface area contributed by atoms with Gasteiger partial charge in [0.05, 0.1) is 18.0 Å². The van der Waals surface area contributed by atoms with Crippen LogP contribution in [0.4, 0.5) is 4.39 Å². The summed E-state index contributed by atoms with van der Waals surface area (Å²) in [5.41, 5.74) is 7.42. The third-order valence-electron chi connectivity index (χ3n) is 4.15. The molecule has 4 N–H and O–H groups in total. The van der Waals surface area contributed by atoms with Gasteiger partial charge in [-0.2, -0.15) is 0 Å². The number of nitrogens with zero attached hydrogens (tertiary/aromatic N) is 2. The van der Waals surface area contributed by atoms with E-state index < -0.39 is 22.4 Å². The Kier molecular flexibility index (Phi) is 6.66. The van der Waals surface area contributed by atoms with E-state index in [1.54, 1.807) is 30.3 Å². The zero-order valence-electron chi connectivity index (χ0n) is 15.6. The van der Waals surface area contributed by atoms with Crippen LogP contribution in [0.1, 0.15) is 11.1 Å². The van der Waals surface area contributed by atoms with Crippen LogP contribution in [0.25, 0.3) is 11.1 Å². The molecule has 0 radical (unpaired) electrons. The van der Waals surface area contributed by atoms with E-state index in [9.17, 15) is 12.8 Å². The predicted octanol–water partition coefficient (Wildman–Crippen LogP) is 2.83. The molecule has 7 nitrogen and oxygen atoms in total. The average molecular weight is 449 g/mol. The van der Waals surface area contributed by atoms with Crippen molar-refractivity contribution < 1.29 is 17.9 Å². The van der Waals surface area contributed by atoms with Crippen LogP contribution < -0.4 is 10.5 Å². The van der Waals surface area contributed by atoms with Gasteiger partial charge in [0, 0.05) is 17.3 Å². The molecule has 0 saturated carbocycles. The summed E-state index contributed by atoms with van der Waals surface area (Å²) in [4.78, 5) is 8.16. The number of hydrogen-bond acceptors (Lipinski definition) is 5. The fourth-order valence-corrected chi connectivity index (χ4v) is 3.81. The van der Waals surface area contributed by atoms with Crippen molar-refractivity contribution in [1.29, 1.82) is 0 Å². The standard InChI is InChI=1S/C20H18ClFN4O3S/c21-19-17(14-6-7-15(12-27)18(22)9-14)8-13(10-24-19)11-25-20(23)26-30(28,29)16-4-2-1-3-5-16/h1-10,27H,11-12H2,(H3,23,25,26).